The Labute approximate surface area is 140 Å². The van der Waals surface area contributed by atoms with E-state index in [2.05, 4.69) is 4.74 Å². The lowest BCUT2D eigenvalue weighted by Gasteiger charge is -2.16. The zero-order valence-corrected chi connectivity index (χ0v) is 15.2. The van der Waals surface area contributed by atoms with E-state index in [0.29, 0.717) is 13.0 Å². The van der Waals surface area contributed by atoms with Gasteiger partial charge >= 0.3 is 11.9 Å². The summed E-state index contributed by atoms with van der Waals surface area (Å²) in [5.74, 6) is -0.493. The molecule has 5 nitrogen and oxygen atoms in total. The van der Waals surface area contributed by atoms with E-state index in [9.17, 15) is 14.7 Å². The fraction of sp³-hybridized carbons (Fsp3) is 0.889. The number of hydrogen-bond acceptors (Lipinski definition) is 5. The van der Waals surface area contributed by atoms with Crippen LogP contribution in [0.2, 0.25) is 0 Å². The van der Waals surface area contributed by atoms with E-state index in [-0.39, 0.29) is 18.4 Å². The summed E-state index contributed by atoms with van der Waals surface area (Å²) in [5, 5.41) is 9.61. The monoisotopic (exact) mass is 330 g/mol. The molecule has 23 heavy (non-hydrogen) atoms. The molecule has 0 aromatic carbocycles. The number of unbranched alkanes of at least 4 members (excludes halogenated alkanes) is 6. The molecule has 0 aliphatic rings. The highest BCUT2D eigenvalue weighted by atomic mass is 16.5. The lowest BCUT2D eigenvalue weighted by Crippen LogP contribution is -2.23. The Morgan fingerprint density at radius 2 is 1.48 bits per heavy atom. The van der Waals surface area contributed by atoms with Crippen LogP contribution in [0.4, 0.5) is 0 Å². The molecule has 0 saturated carbocycles. The molecule has 0 spiro atoms. The van der Waals surface area contributed by atoms with Crippen LogP contribution in [0.5, 0.6) is 0 Å². The molecule has 0 heterocycles. The second-order valence-electron chi connectivity index (χ2n) is 7.08. The number of carbonyl (C=O) groups is 2. The van der Waals surface area contributed by atoms with E-state index in [1.807, 2.05) is 20.8 Å². The first kappa shape index (κ1) is 21.9. The Kier molecular flexibility index (Phi) is 11.7. The van der Waals surface area contributed by atoms with E-state index in [1.165, 1.54) is 7.11 Å². The Balaban J connectivity index is 3.34. The average Bonchev–Trinajstić information content (AvgIpc) is 2.47. The van der Waals surface area contributed by atoms with Crippen molar-refractivity contribution in [2.45, 2.75) is 84.7 Å². The lowest BCUT2D eigenvalue weighted by molar-refractivity contribution is -0.153. The third kappa shape index (κ3) is 13.1. The normalized spacial score (nSPS) is 12.7. The number of aliphatic hydroxyl groups is 1. The fourth-order valence-electron chi connectivity index (χ4n) is 2.13. The second-order valence-corrected chi connectivity index (χ2v) is 7.08. The van der Waals surface area contributed by atoms with Crippen LogP contribution in [0, 0.1) is 5.41 Å². The molecular formula is C18H34O5. The molecule has 0 aliphatic carbocycles. The molecule has 0 amide bonds. The number of hydrogen-bond donors (Lipinski definition) is 1. The summed E-state index contributed by atoms with van der Waals surface area (Å²) in [7, 11) is 1.33. The number of methoxy groups -OCH3 is 1. The van der Waals surface area contributed by atoms with Gasteiger partial charge < -0.3 is 14.6 Å². The molecule has 0 bridgehead atoms. The maximum Gasteiger partial charge on any atom is 0.311 e. The van der Waals surface area contributed by atoms with Gasteiger partial charge in [-0.15, -0.1) is 0 Å². The molecule has 5 heteroatoms. The second kappa shape index (κ2) is 12.3. The van der Waals surface area contributed by atoms with Crippen molar-refractivity contribution in [2.75, 3.05) is 13.7 Å². The summed E-state index contributed by atoms with van der Waals surface area (Å²) in [6.07, 6.45) is 7.56. The summed E-state index contributed by atoms with van der Waals surface area (Å²) in [6.45, 7) is 6.09. The van der Waals surface area contributed by atoms with Gasteiger partial charge in [0, 0.05) is 0 Å². The first-order valence-electron chi connectivity index (χ1n) is 8.69. The first-order chi connectivity index (χ1) is 10.8. The van der Waals surface area contributed by atoms with Gasteiger partial charge in [-0.2, -0.15) is 0 Å². The Hall–Kier alpha value is -1.10. The third-order valence-corrected chi connectivity index (χ3v) is 3.66. The molecule has 0 aromatic rings. The Morgan fingerprint density at radius 1 is 0.957 bits per heavy atom. The Bertz CT molecular complexity index is 333. The van der Waals surface area contributed by atoms with Gasteiger partial charge in [-0.1, -0.05) is 38.5 Å². The van der Waals surface area contributed by atoms with E-state index in [4.69, 9.17) is 4.74 Å². The highest BCUT2D eigenvalue weighted by molar-refractivity contribution is 5.75. The smallest absolute Gasteiger partial charge is 0.311 e. The topological polar surface area (TPSA) is 72.8 Å². The van der Waals surface area contributed by atoms with Crippen LogP contribution in [0.25, 0.3) is 0 Å². The van der Waals surface area contributed by atoms with Gasteiger partial charge in [-0.3, -0.25) is 9.59 Å². The van der Waals surface area contributed by atoms with Crippen molar-refractivity contribution in [2.24, 2.45) is 5.41 Å². The van der Waals surface area contributed by atoms with Crippen LogP contribution in [0.3, 0.4) is 0 Å². The average molecular weight is 330 g/mol. The number of esters is 2. The summed E-state index contributed by atoms with van der Waals surface area (Å²) < 4.78 is 9.73. The van der Waals surface area contributed by atoms with Gasteiger partial charge in [0.1, 0.15) is 0 Å². The lowest BCUT2D eigenvalue weighted by atomic mass is 9.97. The standard InChI is InChI=1S/C18H34O5/c1-18(2,3)17(21)23-13-11-9-7-5-6-8-10-12-15(19)14-16(20)22-4/h15,19H,5-14H2,1-4H3. The minimum absolute atomic E-state index is 0.0871. The minimum atomic E-state index is -0.583. The maximum atomic E-state index is 11.5. The summed E-state index contributed by atoms with van der Waals surface area (Å²) in [4.78, 5) is 22.5. The van der Waals surface area contributed by atoms with E-state index < -0.39 is 11.5 Å². The quantitative estimate of drug-likeness (QED) is 0.437. The molecule has 0 radical (unpaired) electrons. The molecule has 0 fully saturated rings. The maximum absolute atomic E-state index is 11.5. The highest BCUT2D eigenvalue weighted by Crippen LogP contribution is 2.16. The van der Waals surface area contributed by atoms with Crippen molar-refractivity contribution in [3.05, 3.63) is 0 Å². The van der Waals surface area contributed by atoms with Crippen molar-refractivity contribution in [1.29, 1.82) is 0 Å². The molecule has 1 N–H and O–H groups in total. The van der Waals surface area contributed by atoms with Crippen molar-refractivity contribution >= 4 is 11.9 Å². The molecule has 136 valence electrons. The van der Waals surface area contributed by atoms with Crippen LogP contribution in [0.15, 0.2) is 0 Å². The molecular weight excluding hydrogens is 296 g/mol. The van der Waals surface area contributed by atoms with E-state index in [1.54, 1.807) is 0 Å². The molecule has 0 aromatic heterocycles. The van der Waals surface area contributed by atoms with Crippen LogP contribution in [0.1, 0.15) is 78.6 Å². The van der Waals surface area contributed by atoms with Gasteiger partial charge in [0.25, 0.3) is 0 Å². The SMILES string of the molecule is COC(=O)CC(O)CCCCCCCCCOC(=O)C(C)(C)C. The van der Waals surface area contributed by atoms with Gasteiger partial charge in [0.15, 0.2) is 0 Å². The van der Waals surface area contributed by atoms with Gasteiger partial charge in [0.2, 0.25) is 0 Å². The minimum Gasteiger partial charge on any atom is -0.469 e. The number of rotatable bonds is 12. The van der Waals surface area contributed by atoms with Crippen molar-refractivity contribution < 1.29 is 24.2 Å². The molecule has 0 aliphatic heterocycles. The van der Waals surface area contributed by atoms with Crippen LogP contribution >= 0.6 is 0 Å². The van der Waals surface area contributed by atoms with Crippen LogP contribution in [-0.2, 0) is 19.1 Å². The summed E-state index contributed by atoms with van der Waals surface area (Å²) in [6, 6.07) is 0. The largest absolute Gasteiger partial charge is 0.469 e. The molecule has 1 atom stereocenters. The summed E-state index contributed by atoms with van der Waals surface area (Å²) >= 11 is 0. The number of ether oxygens (including phenoxy) is 2. The van der Waals surface area contributed by atoms with Crippen molar-refractivity contribution in [1.82, 2.24) is 0 Å². The zero-order chi connectivity index (χ0) is 17.7. The van der Waals surface area contributed by atoms with Gasteiger partial charge in [-0.25, -0.2) is 0 Å². The number of carbonyl (C=O) groups excluding carboxylic acids is 2. The molecule has 0 rings (SSSR count). The predicted octanol–water partition coefficient (Wildman–Crippen LogP) is 3.62. The predicted molar refractivity (Wildman–Crippen MR) is 90.0 cm³/mol. The third-order valence-electron chi connectivity index (χ3n) is 3.66. The zero-order valence-electron chi connectivity index (χ0n) is 15.2. The Morgan fingerprint density at radius 3 is 2.00 bits per heavy atom. The number of aliphatic hydroxyl groups excluding tert-OH is 1. The van der Waals surface area contributed by atoms with E-state index >= 15 is 0 Å². The van der Waals surface area contributed by atoms with E-state index in [0.717, 1.165) is 44.9 Å². The highest BCUT2D eigenvalue weighted by Gasteiger charge is 2.22. The van der Waals surface area contributed by atoms with Gasteiger partial charge in [-0.05, 0) is 33.6 Å². The van der Waals surface area contributed by atoms with Crippen LogP contribution in [-0.4, -0.2) is 36.9 Å². The van der Waals surface area contributed by atoms with Gasteiger partial charge in [0.05, 0.1) is 31.7 Å². The van der Waals surface area contributed by atoms with Crippen LogP contribution < -0.4 is 0 Å². The molecule has 1 unspecified atom stereocenters. The van der Waals surface area contributed by atoms with Crippen molar-refractivity contribution in [3.8, 4) is 0 Å². The summed E-state index contributed by atoms with van der Waals surface area (Å²) in [5.41, 5.74) is -0.418. The molecule has 0 saturated heterocycles. The first-order valence-corrected chi connectivity index (χ1v) is 8.69. The van der Waals surface area contributed by atoms with Crippen molar-refractivity contribution in [3.63, 3.8) is 0 Å². The fourth-order valence-corrected chi connectivity index (χ4v) is 2.13.